The first-order valence-electron chi connectivity index (χ1n) is 4.29. The summed E-state index contributed by atoms with van der Waals surface area (Å²) in [6, 6.07) is 4.90. The Balaban J connectivity index is 2.50. The monoisotopic (exact) mass is 300 g/mol. The quantitative estimate of drug-likeness (QED) is 0.927. The summed E-state index contributed by atoms with van der Waals surface area (Å²) in [4.78, 5) is 14.8. The van der Waals surface area contributed by atoms with E-state index in [2.05, 4.69) is 20.9 Å². The molecule has 1 heterocycles. The average molecular weight is 301 g/mol. The highest BCUT2D eigenvalue weighted by atomic mass is 79.9. The summed E-state index contributed by atoms with van der Waals surface area (Å²) < 4.78 is 14.1. The molecule has 1 amide bonds. The number of nitrogens with zero attached hydrogens (tertiary/aromatic N) is 1. The second-order valence-corrected chi connectivity index (χ2v) is 4.72. The van der Waals surface area contributed by atoms with Gasteiger partial charge in [0.05, 0.1) is 4.47 Å². The number of hydrogen-bond donors (Lipinski definition) is 1. The third kappa shape index (κ3) is 1.98. The first kappa shape index (κ1) is 11.2. The van der Waals surface area contributed by atoms with Crippen LogP contribution in [0.5, 0.6) is 0 Å². The van der Waals surface area contributed by atoms with Crippen molar-refractivity contribution in [2.24, 2.45) is 5.73 Å². The number of aromatic nitrogens is 1. The van der Waals surface area contributed by atoms with E-state index in [1.165, 1.54) is 16.7 Å². The molecule has 0 saturated heterocycles. The van der Waals surface area contributed by atoms with Gasteiger partial charge in [-0.1, -0.05) is 6.07 Å². The molecule has 0 atom stereocenters. The predicted octanol–water partition coefficient (Wildman–Crippen LogP) is 2.81. The number of primary amides is 1. The van der Waals surface area contributed by atoms with E-state index in [0.29, 0.717) is 15.0 Å². The maximum Gasteiger partial charge on any atom is 0.268 e. The minimum Gasteiger partial charge on any atom is -0.364 e. The van der Waals surface area contributed by atoms with Crippen molar-refractivity contribution in [3.05, 3.63) is 39.6 Å². The summed E-state index contributed by atoms with van der Waals surface area (Å²) in [5, 5.41) is 1.95. The van der Waals surface area contributed by atoms with Gasteiger partial charge >= 0.3 is 0 Å². The molecule has 1 aromatic carbocycles. The van der Waals surface area contributed by atoms with Crippen molar-refractivity contribution in [1.82, 2.24) is 4.98 Å². The summed E-state index contributed by atoms with van der Waals surface area (Å²) in [5.74, 6) is -1.01. The summed E-state index contributed by atoms with van der Waals surface area (Å²) in [5.41, 5.74) is 5.58. The molecule has 0 aliphatic carbocycles. The Hall–Kier alpha value is -1.27. The Morgan fingerprint density at radius 3 is 2.88 bits per heavy atom. The van der Waals surface area contributed by atoms with Crippen LogP contribution in [0.25, 0.3) is 10.6 Å². The second kappa shape index (κ2) is 4.31. The Bertz CT molecular complexity index is 556. The predicted molar refractivity (Wildman–Crippen MR) is 63.7 cm³/mol. The zero-order chi connectivity index (χ0) is 11.7. The van der Waals surface area contributed by atoms with Gasteiger partial charge in [0.1, 0.15) is 16.5 Å². The number of benzene rings is 1. The molecule has 0 aliphatic rings. The van der Waals surface area contributed by atoms with Gasteiger partial charge in [-0.25, -0.2) is 9.37 Å². The van der Waals surface area contributed by atoms with E-state index in [9.17, 15) is 9.18 Å². The number of nitrogens with two attached hydrogens (primary N) is 1. The van der Waals surface area contributed by atoms with Gasteiger partial charge in [-0.3, -0.25) is 4.79 Å². The van der Waals surface area contributed by atoms with Gasteiger partial charge in [0.2, 0.25) is 0 Å². The van der Waals surface area contributed by atoms with Gasteiger partial charge in [0, 0.05) is 10.9 Å². The number of hydrogen-bond acceptors (Lipinski definition) is 3. The third-order valence-electron chi connectivity index (χ3n) is 1.94. The molecule has 0 fully saturated rings. The molecule has 0 saturated carbocycles. The van der Waals surface area contributed by atoms with Crippen LogP contribution in [0.15, 0.2) is 28.1 Å². The van der Waals surface area contributed by atoms with Crippen molar-refractivity contribution in [2.75, 3.05) is 0 Å². The summed E-state index contributed by atoms with van der Waals surface area (Å²) >= 11 is 4.27. The fourth-order valence-corrected chi connectivity index (χ4v) is 2.37. The van der Waals surface area contributed by atoms with E-state index in [4.69, 9.17) is 5.73 Å². The van der Waals surface area contributed by atoms with Gasteiger partial charge in [-0.15, -0.1) is 11.3 Å². The normalized spacial score (nSPS) is 10.4. The van der Waals surface area contributed by atoms with Crippen LogP contribution in [-0.4, -0.2) is 10.9 Å². The molecule has 6 heteroatoms. The first-order chi connectivity index (χ1) is 7.59. The first-order valence-corrected chi connectivity index (χ1v) is 5.96. The van der Waals surface area contributed by atoms with Gasteiger partial charge in [-0.05, 0) is 28.1 Å². The molecule has 3 nitrogen and oxygen atoms in total. The number of thiazole rings is 1. The van der Waals surface area contributed by atoms with Crippen molar-refractivity contribution < 1.29 is 9.18 Å². The molecule has 0 bridgehead atoms. The molecule has 0 unspecified atom stereocenters. The van der Waals surface area contributed by atoms with E-state index in [1.807, 2.05) is 0 Å². The topological polar surface area (TPSA) is 56.0 Å². The van der Waals surface area contributed by atoms with Crippen molar-refractivity contribution in [3.63, 3.8) is 0 Å². The van der Waals surface area contributed by atoms with Gasteiger partial charge in [0.25, 0.3) is 5.91 Å². The van der Waals surface area contributed by atoms with E-state index >= 15 is 0 Å². The molecule has 0 radical (unpaired) electrons. The van der Waals surface area contributed by atoms with Crippen LogP contribution in [-0.2, 0) is 0 Å². The molecule has 2 N–H and O–H groups in total. The van der Waals surface area contributed by atoms with Crippen molar-refractivity contribution in [2.45, 2.75) is 0 Å². The van der Waals surface area contributed by atoms with E-state index < -0.39 is 11.7 Å². The van der Waals surface area contributed by atoms with Gasteiger partial charge in [-0.2, -0.15) is 0 Å². The number of carbonyl (C=O) groups is 1. The minimum absolute atomic E-state index is 0.152. The molecule has 0 spiro atoms. The van der Waals surface area contributed by atoms with Gasteiger partial charge < -0.3 is 5.73 Å². The second-order valence-electron chi connectivity index (χ2n) is 3.00. The summed E-state index contributed by atoms with van der Waals surface area (Å²) in [6.07, 6.45) is 0. The van der Waals surface area contributed by atoms with Crippen molar-refractivity contribution in [1.29, 1.82) is 0 Å². The number of amides is 1. The molecular formula is C10H6BrFN2OS. The molecule has 2 rings (SSSR count). The van der Waals surface area contributed by atoms with Crippen LogP contribution in [0.3, 0.4) is 0 Å². The lowest BCUT2D eigenvalue weighted by molar-refractivity contribution is 0.0996. The van der Waals surface area contributed by atoms with Gasteiger partial charge in [0.15, 0.2) is 0 Å². The number of rotatable bonds is 2. The molecule has 1 aromatic heterocycles. The van der Waals surface area contributed by atoms with Crippen molar-refractivity contribution in [3.8, 4) is 10.6 Å². The Morgan fingerprint density at radius 2 is 2.25 bits per heavy atom. The molecular weight excluding hydrogens is 295 g/mol. The zero-order valence-corrected chi connectivity index (χ0v) is 10.3. The number of carbonyl (C=O) groups excluding carboxylic acids is 1. The molecule has 2 aromatic rings. The van der Waals surface area contributed by atoms with Crippen LogP contribution < -0.4 is 5.73 Å². The molecule has 16 heavy (non-hydrogen) atoms. The Labute approximate surface area is 103 Å². The third-order valence-corrected chi connectivity index (χ3v) is 3.43. The van der Waals surface area contributed by atoms with E-state index in [0.717, 1.165) is 0 Å². The lowest BCUT2D eigenvalue weighted by Crippen LogP contribution is -2.10. The summed E-state index contributed by atoms with van der Waals surface area (Å²) in [7, 11) is 0. The highest BCUT2D eigenvalue weighted by Gasteiger charge is 2.13. The van der Waals surface area contributed by atoms with Crippen LogP contribution in [0.4, 0.5) is 4.39 Å². The largest absolute Gasteiger partial charge is 0.364 e. The van der Waals surface area contributed by atoms with Crippen LogP contribution in [0.2, 0.25) is 0 Å². The Morgan fingerprint density at radius 1 is 1.50 bits per heavy atom. The lowest BCUT2D eigenvalue weighted by atomic mass is 10.2. The summed E-state index contributed by atoms with van der Waals surface area (Å²) in [6.45, 7) is 0. The fourth-order valence-electron chi connectivity index (χ4n) is 1.18. The smallest absolute Gasteiger partial charge is 0.268 e. The Kier molecular flexibility index (Phi) is 3.02. The molecule has 82 valence electrons. The maximum atomic E-state index is 13.7. The van der Waals surface area contributed by atoms with Crippen molar-refractivity contribution >= 4 is 33.2 Å². The minimum atomic E-state index is -0.613. The van der Waals surface area contributed by atoms with E-state index in [-0.39, 0.29) is 5.69 Å². The SMILES string of the molecule is NC(=O)c1csc(-c2cccc(Br)c2F)n1. The highest BCUT2D eigenvalue weighted by Crippen LogP contribution is 2.29. The molecule has 0 aliphatic heterocycles. The maximum absolute atomic E-state index is 13.7. The lowest BCUT2D eigenvalue weighted by Gasteiger charge is -2.00. The van der Waals surface area contributed by atoms with E-state index in [1.54, 1.807) is 18.2 Å². The highest BCUT2D eigenvalue weighted by molar-refractivity contribution is 9.10. The van der Waals surface area contributed by atoms with Crippen LogP contribution in [0.1, 0.15) is 10.5 Å². The number of halogens is 2. The zero-order valence-electron chi connectivity index (χ0n) is 7.91. The average Bonchev–Trinajstić information content (AvgIpc) is 2.71. The standard InChI is InChI=1S/C10H6BrFN2OS/c11-6-3-1-2-5(8(6)12)10-14-7(4-16-10)9(13)15/h1-4H,(H2,13,15). The van der Waals surface area contributed by atoms with Crippen LogP contribution >= 0.6 is 27.3 Å². The fraction of sp³-hybridized carbons (Fsp3) is 0. The van der Waals surface area contributed by atoms with Crippen LogP contribution in [0, 0.1) is 5.82 Å².